The maximum Gasteiger partial charge on any atom is 0.296 e. The molecular weight excluding hydrogens is 576 g/mol. The third kappa shape index (κ3) is 6.63. The number of carbonyl (C=O) groups is 2. The standard InChI is InChI=1S/C35H36N2O6S/c1-5-41-25-14-15-26-30(21-25)44-35(36-26)37-32(24-13-17-28(29(20-24)42-6-2)43-19-18-22(3)4)31(33(39)34(37)40)27(38)16-12-23-10-8-7-9-11-23/h7-17,20-22,32,39H,5-6,18-19H2,1-4H3. The molecule has 0 radical (unpaired) electrons. The lowest BCUT2D eigenvalue weighted by Crippen LogP contribution is -2.30. The summed E-state index contributed by atoms with van der Waals surface area (Å²) in [5.74, 6) is 0.435. The van der Waals surface area contributed by atoms with Crippen LogP contribution in [0.15, 0.2) is 84.1 Å². The Morgan fingerprint density at radius 1 is 1.00 bits per heavy atom. The van der Waals surface area contributed by atoms with Crippen LogP contribution in [0.4, 0.5) is 5.13 Å². The molecule has 0 spiro atoms. The molecule has 2 heterocycles. The summed E-state index contributed by atoms with van der Waals surface area (Å²) in [5.41, 5.74) is 2.03. The number of aliphatic hydroxyl groups excluding tert-OH is 1. The van der Waals surface area contributed by atoms with E-state index in [9.17, 15) is 14.7 Å². The van der Waals surface area contributed by atoms with Crippen molar-refractivity contribution < 1.29 is 28.9 Å². The number of anilines is 1. The number of allylic oxidation sites excluding steroid dienone is 1. The maximum absolute atomic E-state index is 13.7. The minimum absolute atomic E-state index is 0.0348. The van der Waals surface area contributed by atoms with Gasteiger partial charge in [0.25, 0.3) is 5.91 Å². The zero-order valence-corrected chi connectivity index (χ0v) is 26.1. The largest absolute Gasteiger partial charge is 0.503 e. The van der Waals surface area contributed by atoms with Crippen molar-refractivity contribution >= 4 is 44.5 Å². The van der Waals surface area contributed by atoms with Crippen molar-refractivity contribution in [1.29, 1.82) is 0 Å². The van der Waals surface area contributed by atoms with Crippen LogP contribution in [0, 0.1) is 5.92 Å². The monoisotopic (exact) mass is 612 g/mol. The molecule has 0 bridgehead atoms. The maximum atomic E-state index is 13.7. The molecule has 0 saturated carbocycles. The zero-order valence-electron chi connectivity index (χ0n) is 25.3. The van der Waals surface area contributed by atoms with Gasteiger partial charge in [-0.2, -0.15) is 0 Å². The molecule has 1 unspecified atom stereocenters. The summed E-state index contributed by atoms with van der Waals surface area (Å²) < 4.78 is 18.4. The first kappa shape index (κ1) is 30.8. The highest BCUT2D eigenvalue weighted by molar-refractivity contribution is 7.22. The molecule has 0 saturated heterocycles. The van der Waals surface area contributed by atoms with Crippen molar-refractivity contribution in [3.63, 3.8) is 0 Å². The van der Waals surface area contributed by atoms with E-state index in [0.717, 1.165) is 16.7 Å². The fourth-order valence-corrected chi connectivity index (χ4v) is 5.96. The van der Waals surface area contributed by atoms with Crippen molar-refractivity contribution in [2.24, 2.45) is 5.92 Å². The Morgan fingerprint density at radius 2 is 1.77 bits per heavy atom. The minimum Gasteiger partial charge on any atom is -0.503 e. The van der Waals surface area contributed by atoms with Crippen LogP contribution in [0.1, 0.15) is 51.3 Å². The second kappa shape index (κ2) is 13.8. The third-order valence-electron chi connectivity index (χ3n) is 7.10. The Kier molecular flexibility index (Phi) is 9.65. The number of aliphatic hydroxyl groups is 1. The van der Waals surface area contributed by atoms with Gasteiger partial charge in [-0.25, -0.2) is 4.98 Å². The van der Waals surface area contributed by atoms with Crippen molar-refractivity contribution in [1.82, 2.24) is 4.98 Å². The second-order valence-corrected chi connectivity index (χ2v) is 11.7. The second-order valence-electron chi connectivity index (χ2n) is 10.7. The van der Waals surface area contributed by atoms with Crippen molar-refractivity contribution in [2.75, 3.05) is 24.7 Å². The number of fused-ring (bicyclic) bond motifs is 1. The molecule has 1 atom stereocenters. The summed E-state index contributed by atoms with van der Waals surface area (Å²) in [6.45, 7) is 9.48. The number of hydrogen-bond acceptors (Lipinski definition) is 8. The number of carbonyl (C=O) groups excluding carboxylic acids is 2. The molecule has 1 amide bonds. The van der Waals surface area contributed by atoms with Gasteiger partial charge in [0, 0.05) is 0 Å². The summed E-state index contributed by atoms with van der Waals surface area (Å²) >= 11 is 1.29. The van der Waals surface area contributed by atoms with Gasteiger partial charge < -0.3 is 19.3 Å². The first-order chi connectivity index (χ1) is 21.3. The van der Waals surface area contributed by atoms with E-state index in [1.807, 2.05) is 62.4 Å². The van der Waals surface area contributed by atoms with Crippen LogP contribution in [0.3, 0.4) is 0 Å². The van der Waals surface area contributed by atoms with E-state index >= 15 is 0 Å². The van der Waals surface area contributed by atoms with Gasteiger partial charge in [-0.05, 0) is 73.7 Å². The summed E-state index contributed by atoms with van der Waals surface area (Å²) in [6, 6.07) is 19.3. The number of hydrogen-bond donors (Lipinski definition) is 1. The van der Waals surface area contributed by atoms with Gasteiger partial charge in [-0.3, -0.25) is 14.5 Å². The first-order valence-electron chi connectivity index (χ1n) is 14.8. The lowest BCUT2D eigenvalue weighted by Gasteiger charge is -2.25. The fraction of sp³-hybridized carbons (Fsp3) is 0.286. The predicted octanol–water partition coefficient (Wildman–Crippen LogP) is 7.70. The molecule has 9 heteroatoms. The lowest BCUT2D eigenvalue weighted by atomic mass is 9.95. The van der Waals surface area contributed by atoms with Gasteiger partial charge in [0.1, 0.15) is 5.75 Å². The number of benzene rings is 3. The van der Waals surface area contributed by atoms with E-state index in [0.29, 0.717) is 59.2 Å². The molecule has 0 aliphatic carbocycles. The van der Waals surface area contributed by atoms with Crippen LogP contribution < -0.4 is 19.1 Å². The number of nitrogens with zero attached hydrogens (tertiary/aromatic N) is 2. The number of aromatic nitrogens is 1. The normalized spacial score (nSPS) is 15.2. The van der Waals surface area contributed by atoms with Gasteiger partial charge in [0.15, 0.2) is 28.2 Å². The quantitative estimate of drug-likeness (QED) is 0.155. The SMILES string of the molecule is CCOc1ccc2nc(N3C(=O)C(O)=C(C(=O)C=Cc4ccccc4)C3c3ccc(OCCC(C)C)c(OCC)c3)sc2c1. The molecule has 4 aromatic rings. The topological polar surface area (TPSA) is 98.2 Å². The molecule has 1 N–H and O–H groups in total. The number of ether oxygens (including phenoxy) is 3. The van der Waals surface area contributed by atoms with Crippen LogP contribution in [0.5, 0.6) is 17.2 Å². The highest BCUT2D eigenvalue weighted by Gasteiger charge is 2.45. The average molecular weight is 613 g/mol. The van der Waals surface area contributed by atoms with E-state index in [1.54, 1.807) is 24.3 Å². The Labute approximate surface area is 261 Å². The van der Waals surface area contributed by atoms with Gasteiger partial charge in [-0.15, -0.1) is 0 Å². The summed E-state index contributed by atoms with van der Waals surface area (Å²) in [4.78, 5) is 33.6. The van der Waals surface area contributed by atoms with Gasteiger partial charge in [0.2, 0.25) is 0 Å². The molecule has 228 valence electrons. The molecule has 1 aliphatic rings. The molecule has 44 heavy (non-hydrogen) atoms. The summed E-state index contributed by atoms with van der Waals surface area (Å²) in [7, 11) is 0. The summed E-state index contributed by atoms with van der Waals surface area (Å²) in [6.07, 6.45) is 3.92. The number of thiazole rings is 1. The molecule has 5 rings (SSSR count). The van der Waals surface area contributed by atoms with Crippen LogP contribution in [0.25, 0.3) is 16.3 Å². The highest BCUT2D eigenvalue weighted by Crippen LogP contribution is 2.45. The Bertz CT molecular complexity index is 1710. The van der Waals surface area contributed by atoms with E-state index in [2.05, 4.69) is 13.8 Å². The number of amides is 1. The van der Waals surface area contributed by atoms with E-state index in [4.69, 9.17) is 19.2 Å². The summed E-state index contributed by atoms with van der Waals surface area (Å²) in [5, 5.41) is 11.6. The Hall–Kier alpha value is -4.63. The average Bonchev–Trinajstić information content (AvgIpc) is 3.54. The van der Waals surface area contributed by atoms with Crippen molar-refractivity contribution in [3.05, 3.63) is 95.3 Å². The smallest absolute Gasteiger partial charge is 0.296 e. The molecular formula is C35H36N2O6S. The third-order valence-corrected chi connectivity index (χ3v) is 8.12. The molecule has 1 aliphatic heterocycles. The zero-order chi connectivity index (χ0) is 31.2. The molecule has 0 fully saturated rings. The van der Waals surface area contributed by atoms with Crippen LogP contribution in [-0.2, 0) is 9.59 Å². The first-order valence-corrected chi connectivity index (χ1v) is 15.6. The van der Waals surface area contributed by atoms with Crippen LogP contribution in [-0.4, -0.2) is 41.6 Å². The fourth-order valence-electron chi connectivity index (χ4n) is 4.93. The minimum atomic E-state index is -0.953. The Morgan fingerprint density at radius 3 is 2.50 bits per heavy atom. The van der Waals surface area contributed by atoms with Gasteiger partial charge >= 0.3 is 0 Å². The van der Waals surface area contributed by atoms with E-state index in [-0.39, 0.29) is 5.57 Å². The van der Waals surface area contributed by atoms with Gasteiger partial charge in [-0.1, -0.05) is 67.7 Å². The molecule has 3 aromatic carbocycles. The number of ketones is 1. The molecule has 8 nitrogen and oxygen atoms in total. The van der Waals surface area contributed by atoms with Crippen molar-refractivity contribution in [3.8, 4) is 17.2 Å². The van der Waals surface area contributed by atoms with Crippen LogP contribution >= 0.6 is 11.3 Å². The highest BCUT2D eigenvalue weighted by atomic mass is 32.1. The predicted molar refractivity (Wildman–Crippen MR) is 174 cm³/mol. The van der Waals surface area contributed by atoms with E-state index in [1.165, 1.54) is 22.3 Å². The number of rotatable bonds is 13. The van der Waals surface area contributed by atoms with Crippen LogP contribution in [0.2, 0.25) is 0 Å². The molecule has 1 aromatic heterocycles. The lowest BCUT2D eigenvalue weighted by molar-refractivity contribution is -0.117. The van der Waals surface area contributed by atoms with Gasteiger partial charge in [0.05, 0.1) is 41.7 Å². The van der Waals surface area contributed by atoms with Crippen molar-refractivity contribution in [2.45, 2.75) is 40.2 Å². The van der Waals surface area contributed by atoms with E-state index < -0.39 is 23.5 Å². The Balaban J connectivity index is 1.59.